The van der Waals surface area contributed by atoms with Crippen molar-refractivity contribution in [2.75, 3.05) is 0 Å². The van der Waals surface area contributed by atoms with Crippen molar-refractivity contribution in [1.29, 1.82) is 0 Å². The molecule has 62 valence electrons. The quantitative estimate of drug-likeness (QED) is 0.622. The van der Waals surface area contributed by atoms with Crippen LogP contribution in [0.15, 0.2) is 24.3 Å². The molecule has 1 aromatic rings. The molecule has 0 saturated heterocycles. The van der Waals surface area contributed by atoms with Crippen LogP contribution in [0.1, 0.15) is 24.3 Å². The third-order valence-corrected chi connectivity index (χ3v) is 2.32. The number of rotatable bonds is 1. The van der Waals surface area contributed by atoms with Crippen molar-refractivity contribution < 1.29 is 9.18 Å². The van der Waals surface area contributed by atoms with Crippen molar-refractivity contribution in [3.63, 3.8) is 0 Å². The highest BCUT2D eigenvalue weighted by Gasteiger charge is 2.29. The van der Waals surface area contributed by atoms with Gasteiger partial charge in [0.1, 0.15) is 11.6 Å². The van der Waals surface area contributed by atoms with Crippen LogP contribution in [-0.2, 0) is 4.79 Å². The second-order valence-corrected chi connectivity index (χ2v) is 3.11. The van der Waals surface area contributed by atoms with Crippen LogP contribution < -0.4 is 0 Å². The van der Waals surface area contributed by atoms with Gasteiger partial charge in [-0.2, -0.15) is 0 Å². The largest absolute Gasteiger partial charge is 0.299 e. The Kier molecular flexibility index (Phi) is 1.68. The van der Waals surface area contributed by atoms with E-state index in [2.05, 4.69) is 0 Å². The van der Waals surface area contributed by atoms with Crippen LogP contribution in [0.4, 0.5) is 4.39 Å². The van der Waals surface area contributed by atoms with Crippen LogP contribution >= 0.6 is 0 Å². The molecule has 1 aliphatic carbocycles. The lowest BCUT2D eigenvalue weighted by molar-refractivity contribution is -0.125. The number of benzene rings is 1. The molecule has 1 aliphatic rings. The number of carbonyl (C=O) groups is 1. The van der Waals surface area contributed by atoms with Gasteiger partial charge in [-0.25, -0.2) is 4.39 Å². The van der Waals surface area contributed by atoms with Crippen LogP contribution in [0.3, 0.4) is 0 Å². The molecule has 0 aliphatic heterocycles. The summed E-state index contributed by atoms with van der Waals surface area (Å²) in [7, 11) is 0. The van der Waals surface area contributed by atoms with E-state index >= 15 is 0 Å². The summed E-state index contributed by atoms with van der Waals surface area (Å²) in [6.45, 7) is 0. The lowest BCUT2D eigenvalue weighted by Gasteiger charge is -2.23. The fraction of sp³-hybridized carbons (Fsp3) is 0.300. The molecule has 1 atom stereocenters. The molecule has 0 spiro atoms. The molecule has 0 radical (unpaired) electrons. The Morgan fingerprint density at radius 3 is 2.75 bits per heavy atom. The predicted octanol–water partition coefficient (Wildman–Crippen LogP) is 2.27. The van der Waals surface area contributed by atoms with E-state index in [9.17, 15) is 9.18 Å². The van der Waals surface area contributed by atoms with E-state index in [0.29, 0.717) is 6.42 Å². The van der Waals surface area contributed by atoms with E-state index < -0.39 is 0 Å². The molecule has 1 saturated carbocycles. The second kappa shape index (κ2) is 2.70. The summed E-state index contributed by atoms with van der Waals surface area (Å²) in [5, 5.41) is 0. The molecule has 1 unspecified atom stereocenters. The van der Waals surface area contributed by atoms with Crippen molar-refractivity contribution >= 4 is 5.78 Å². The Balaban J connectivity index is 2.28. The first-order valence-corrected chi connectivity index (χ1v) is 4.05. The maximum absolute atomic E-state index is 12.7. The summed E-state index contributed by atoms with van der Waals surface area (Å²) < 4.78 is 12.7. The second-order valence-electron chi connectivity index (χ2n) is 3.11. The van der Waals surface area contributed by atoms with Crippen molar-refractivity contribution in [2.45, 2.75) is 18.8 Å². The number of halogens is 1. The molecule has 0 N–H and O–H groups in total. The first-order chi connectivity index (χ1) is 5.77. The average molecular weight is 164 g/mol. The zero-order valence-electron chi connectivity index (χ0n) is 6.59. The Bertz CT molecular complexity index is 319. The van der Waals surface area contributed by atoms with E-state index in [1.165, 1.54) is 12.1 Å². The fourth-order valence-corrected chi connectivity index (χ4v) is 1.48. The monoisotopic (exact) mass is 164 g/mol. The molecule has 1 nitrogen and oxygen atoms in total. The number of hydrogen-bond acceptors (Lipinski definition) is 1. The minimum atomic E-state index is -0.257. The van der Waals surface area contributed by atoms with Crippen LogP contribution in [-0.4, -0.2) is 5.78 Å². The normalized spacial score (nSPS) is 22.1. The van der Waals surface area contributed by atoms with Gasteiger partial charge in [0, 0.05) is 12.3 Å². The van der Waals surface area contributed by atoms with Gasteiger partial charge < -0.3 is 0 Å². The number of ketones is 1. The summed E-state index contributed by atoms with van der Waals surface area (Å²) in [6.07, 6.45) is 1.53. The number of Topliss-reactive ketones (excluding diaryl/α,β-unsaturated/α-hetero) is 1. The molecule has 1 aromatic carbocycles. The molecule has 0 aromatic heterocycles. The molecule has 12 heavy (non-hydrogen) atoms. The third-order valence-electron chi connectivity index (χ3n) is 2.32. The van der Waals surface area contributed by atoms with Crippen LogP contribution in [0.25, 0.3) is 0 Å². The fourth-order valence-electron chi connectivity index (χ4n) is 1.48. The highest BCUT2D eigenvalue weighted by Crippen LogP contribution is 2.32. The highest BCUT2D eigenvalue weighted by molar-refractivity contribution is 5.91. The SMILES string of the molecule is O=C1CCC1c1cccc(F)c1. The summed E-state index contributed by atoms with van der Waals surface area (Å²) in [5.41, 5.74) is 0.825. The summed E-state index contributed by atoms with van der Waals surface area (Å²) in [6, 6.07) is 6.30. The van der Waals surface area contributed by atoms with Gasteiger partial charge in [0.15, 0.2) is 0 Å². The summed E-state index contributed by atoms with van der Waals surface area (Å²) in [4.78, 5) is 11.0. The van der Waals surface area contributed by atoms with Gasteiger partial charge in [-0.3, -0.25) is 4.79 Å². The summed E-state index contributed by atoms with van der Waals surface area (Å²) in [5.74, 6) is -0.0477. The lowest BCUT2D eigenvalue weighted by Crippen LogP contribution is -2.23. The zero-order valence-corrected chi connectivity index (χ0v) is 6.59. The van der Waals surface area contributed by atoms with Crippen molar-refractivity contribution in [3.8, 4) is 0 Å². The summed E-state index contributed by atoms with van der Waals surface area (Å²) >= 11 is 0. The third kappa shape index (κ3) is 1.13. The molecule has 0 amide bonds. The maximum atomic E-state index is 12.7. The first-order valence-electron chi connectivity index (χ1n) is 4.05. The Labute approximate surface area is 70.2 Å². The van der Waals surface area contributed by atoms with Crippen molar-refractivity contribution in [1.82, 2.24) is 0 Å². The van der Waals surface area contributed by atoms with E-state index in [0.717, 1.165) is 12.0 Å². The van der Waals surface area contributed by atoms with Crippen LogP contribution in [0.5, 0.6) is 0 Å². The molecular formula is C10H9FO. The molecule has 2 heteroatoms. The number of hydrogen-bond donors (Lipinski definition) is 0. The minimum Gasteiger partial charge on any atom is -0.299 e. The zero-order chi connectivity index (χ0) is 8.55. The Hall–Kier alpha value is -1.18. The smallest absolute Gasteiger partial charge is 0.140 e. The van der Waals surface area contributed by atoms with Gasteiger partial charge in [0.2, 0.25) is 0 Å². The minimum absolute atomic E-state index is 0.0271. The van der Waals surface area contributed by atoms with E-state index in [4.69, 9.17) is 0 Å². The van der Waals surface area contributed by atoms with Gasteiger partial charge in [-0.15, -0.1) is 0 Å². The lowest BCUT2D eigenvalue weighted by atomic mass is 9.79. The van der Waals surface area contributed by atoms with Gasteiger partial charge >= 0.3 is 0 Å². The standard InChI is InChI=1S/C10H9FO/c11-8-3-1-2-7(6-8)9-4-5-10(9)12/h1-3,6,9H,4-5H2. The van der Waals surface area contributed by atoms with Gasteiger partial charge in [-0.05, 0) is 24.1 Å². The van der Waals surface area contributed by atoms with Crippen molar-refractivity contribution in [2.24, 2.45) is 0 Å². The predicted molar refractivity (Wildman–Crippen MR) is 43.4 cm³/mol. The van der Waals surface area contributed by atoms with E-state index in [-0.39, 0.29) is 17.5 Å². The highest BCUT2D eigenvalue weighted by atomic mass is 19.1. The molecule has 2 rings (SSSR count). The van der Waals surface area contributed by atoms with E-state index in [1.807, 2.05) is 6.07 Å². The molecule has 0 heterocycles. The maximum Gasteiger partial charge on any atom is 0.140 e. The number of carbonyl (C=O) groups excluding carboxylic acids is 1. The topological polar surface area (TPSA) is 17.1 Å². The van der Waals surface area contributed by atoms with Crippen LogP contribution in [0, 0.1) is 5.82 Å². The van der Waals surface area contributed by atoms with Crippen molar-refractivity contribution in [3.05, 3.63) is 35.6 Å². The molecule has 0 bridgehead atoms. The average Bonchev–Trinajstić information content (AvgIpc) is 2.02. The van der Waals surface area contributed by atoms with Crippen LogP contribution in [0.2, 0.25) is 0 Å². The van der Waals surface area contributed by atoms with Gasteiger partial charge in [0.25, 0.3) is 0 Å². The Morgan fingerprint density at radius 1 is 1.42 bits per heavy atom. The van der Waals surface area contributed by atoms with E-state index in [1.54, 1.807) is 6.07 Å². The molecule has 1 fully saturated rings. The van der Waals surface area contributed by atoms with Gasteiger partial charge in [-0.1, -0.05) is 12.1 Å². The molecular weight excluding hydrogens is 155 g/mol. The first kappa shape index (κ1) is 7.47. The van der Waals surface area contributed by atoms with Gasteiger partial charge in [0.05, 0.1) is 0 Å². The Morgan fingerprint density at radius 2 is 2.25 bits per heavy atom.